The van der Waals surface area contributed by atoms with Crippen molar-refractivity contribution in [2.75, 3.05) is 20.1 Å². The van der Waals surface area contributed by atoms with Gasteiger partial charge in [-0.3, -0.25) is 9.69 Å². The van der Waals surface area contributed by atoms with Crippen LogP contribution < -0.4 is 15.7 Å². The van der Waals surface area contributed by atoms with Gasteiger partial charge in [0.05, 0.1) is 19.1 Å². The second kappa shape index (κ2) is 6.14. The molecule has 3 saturated carbocycles. The normalized spacial score (nSPS) is 48.7. The molecule has 2 bridgehead atoms. The Morgan fingerprint density at radius 3 is 2.72 bits per heavy atom. The Morgan fingerprint density at radius 2 is 2.03 bits per heavy atom. The maximum atomic E-state index is 12.3. The average molecular weight is 402 g/mol. The van der Waals surface area contributed by atoms with Gasteiger partial charge in [0, 0.05) is 29.4 Å². The quantitative estimate of drug-likeness (QED) is 0.305. The molecule has 158 valence electrons. The molecule has 1 unspecified atom stereocenters. The smallest absolute Gasteiger partial charge is 0.293 e. The molecule has 5 aliphatic rings. The van der Waals surface area contributed by atoms with E-state index in [2.05, 4.69) is 4.99 Å². The van der Waals surface area contributed by atoms with Gasteiger partial charge in [0.1, 0.15) is 5.60 Å². The van der Waals surface area contributed by atoms with Gasteiger partial charge < -0.3 is 20.7 Å². The van der Waals surface area contributed by atoms with Gasteiger partial charge in [-0.25, -0.2) is 4.99 Å². The first-order valence-corrected chi connectivity index (χ1v) is 11.1. The standard InChI is InChI=1S/C22H31N3O4/c1-24-19(23)25-9-3-8-20(11-25)14-7-6-13-4-2-5-16-21(29,12-26)17(18(27)28)15(10-14)22(13,16)20/h12-14,16,29H,2-11H2,1H3,(H2,23,24)(H,27,28)/t13-,14-,16+,20-,21-,22+/m1/s1. The molecule has 1 heterocycles. The SMILES string of the molecule is CN=C(N)[NH+]1CCC[C@@]2(C1)[C@@H]1CC[C@H]3CCC[C@@H]4[C@@]32C(=C(C(=O)[O-])[C@@]4(O)C=O)C1. The number of rotatable bonds is 2. The number of hydrogen-bond acceptors (Lipinski definition) is 5. The van der Waals surface area contributed by atoms with Crippen LogP contribution in [0.25, 0.3) is 0 Å². The highest BCUT2D eigenvalue weighted by molar-refractivity contribution is 5.97. The van der Waals surface area contributed by atoms with Crippen LogP contribution in [0.15, 0.2) is 16.1 Å². The number of hydrogen-bond donors (Lipinski definition) is 3. The van der Waals surface area contributed by atoms with E-state index in [1.165, 1.54) is 4.90 Å². The molecule has 1 aliphatic heterocycles. The summed E-state index contributed by atoms with van der Waals surface area (Å²) in [4.78, 5) is 29.9. The maximum absolute atomic E-state index is 12.3. The van der Waals surface area contributed by atoms with Crippen molar-refractivity contribution in [3.05, 3.63) is 11.1 Å². The van der Waals surface area contributed by atoms with E-state index in [0.717, 1.165) is 57.2 Å². The highest BCUT2D eigenvalue weighted by Crippen LogP contribution is 2.79. The Labute approximate surface area is 171 Å². The molecular weight excluding hydrogens is 370 g/mol. The predicted molar refractivity (Wildman–Crippen MR) is 104 cm³/mol. The molecule has 7 nitrogen and oxygen atoms in total. The number of aliphatic carboxylic acids is 1. The summed E-state index contributed by atoms with van der Waals surface area (Å²) < 4.78 is 0. The number of quaternary nitrogens is 1. The Bertz CT molecular complexity index is 838. The highest BCUT2D eigenvalue weighted by Gasteiger charge is 2.78. The zero-order valence-corrected chi connectivity index (χ0v) is 17.1. The van der Waals surface area contributed by atoms with E-state index in [1.807, 2.05) is 0 Å². The lowest BCUT2D eigenvalue weighted by molar-refractivity contribution is -0.826. The summed E-state index contributed by atoms with van der Waals surface area (Å²) in [6, 6.07) is 0. The van der Waals surface area contributed by atoms with Crippen molar-refractivity contribution in [3.8, 4) is 0 Å². The maximum Gasteiger partial charge on any atom is 0.293 e. The minimum absolute atomic E-state index is 0.0996. The summed E-state index contributed by atoms with van der Waals surface area (Å²) in [7, 11) is 1.71. The number of nitrogens with two attached hydrogens (primary N) is 1. The van der Waals surface area contributed by atoms with E-state index in [4.69, 9.17) is 5.73 Å². The molecule has 4 aliphatic carbocycles. The van der Waals surface area contributed by atoms with Crippen LogP contribution in [-0.2, 0) is 9.59 Å². The Morgan fingerprint density at radius 1 is 1.28 bits per heavy atom. The molecule has 0 aromatic heterocycles. The first kappa shape index (κ1) is 19.2. The van der Waals surface area contributed by atoms with Gasteiger partial charge in [-0.2, -0.15) is 0 Å². The second-order valence-electron chi connectivity index (χ2n) is 10.0. The third kappa shape index (κ3) is 2.03. The van der Waals surface area contributed by atoms with Crippen molar-refractivity contribution in [3.63, 3.8) is 0 Å². The van der Waals surface area contributed by atoms with Crippen LogP contribution in [0, 0.1) is 28.6 Å². The molecule has 4 fully saturated rings. The summed E-state index contributed by atoms with van der Waals surface area (Å²) in [6.45, 7) is 1.74. The number of aldehydes is 1. The Balaban J connectivity index is 1.76. The largest absolute Gasteiger partial charge is 0.545 e. The lowest BCUT2D eigenvalue weighted by Gasteiger charge is -2.62. The summed E-state index contributed by atoms with van der Waals surface area (Å²) in [5, 5.41) is 23.7. The minimum Gasteiger partial charge on any atom is -0.545 e. The summed E-state index contributed by atoms with van der Waals surface area (Å²) in [6.07, 6.45) is 7.95. The van der Waals surface area contributed by atoms with Gasteiger partial charge >= 0.3 is 0 Å². The number of piperidine rings is 1. The lowest BCUT2D eigenvalue weighted by atomic mass is 9.42. The molecule has 7 atom stereocenters. The summed E-state index contributed by atoms with van der Waals surface area (Å²) >= 11 is 0. The molecule has 7 heteroatoms. The number of aliphatic hydroxyl groups is 1. The summed E-state index contributed by atoms with van der Waals surface area (Å²) in [5.41, 5.74) is 4.52. The monoisotopic (exact) mass is 401 g/mol. The van der Waals surface area contributed by atoms with Crippen molar-refractivity contribution in [2.45, 2.75) is 57.0 Å². The molecule has 29 heavy (non-hydrogen) atoms. The first-order valence-electron chi connectivity index (χ1n) is 11.1. The molecule has 0 amide bonds. The van der Waals surface area contributed by atoms with Gasteiger partial charge in [-0.1, -0.05) is 12.0 Å². The van der Waals surface area contributed by atoms with Crippen molar-refractivity contribution in [1.82, 2.24) is 0 Å². The van der Waals surface area contributed by atoms with Crippen LogP contribution in [0.4, 0.5) is 0 Å². The average Bonchev–Trinajstić information content (AvgIpc) is 3.00. The van der Waals surface area contributed by atoms with Crippen molar-refractivity contribution in [2.24, 2.45) is 39.3 Å². The topological polar surface area (TPSA) is 120 Å². The van der Waals surface area contributed by atoms with E-state index in [9.17, 15) is 19.8 Å². The number of carboxylic acids is 1. The van der Waals surface area contributed by atoms with Gasteiger partial charge in [-0.05, 0) is 56.8 Å². The Kier molecular flexibility index (Phi) is 4.07. The van der Waals surface area contributed by atoms with E-state index in [-0.39, 0.29) is 16.9 Å². The van der Waals surface area contributed by atoms with Crippen molar-refractivity contribution >= 4 is 18.2 Å². The molecule has 4 N–H and O–H groups in total. The van der Waals surface area contributed by atoms with Crippen LogP contribution in [0.2, 0.25) is 0 Å². The number of carbonyl (C=O) groups excluding carboxylic acids is 2. The van der Waals surface area contributed by atoms with Gasteiger partial charge in [0.25, 0.3) is 5.96 Å². The van der Waals surface area contributed by atoms with Crippen molar-refractivity contribution in [1.29, 1.82) is 0 Å². The molecule has 0 aromatic carbocycles. The number of carbonyl (C=O) groups is 2. The number of aliphatic imine (C=N–C) groups is 1. The van der Waals surface area contributed by atoms with Gasteiger partial charge in [0.15, 0.2) is 6.29 Å². The van der Waals surface area contributed by atoms with E-state index >= 15 is 0 Å². The fourth-order valence-electron chi connectivity index (χ4n) is 8.89. The number of allylic oxidation sites excluding steroid dienone is 1. The molecular formula is C22H31N3O4. The molecule has 2 spiro atoms. The van der Waals surface area contributed by atoms with Crippen LogP contribution in [-0.4, -0.2) is 49.1 Å². The molecule has 1 saturated heterocycles. The van der Waals surface area contributed by atoms with Crippen LogP contribution in [0.1, 0.15) is 51.4 Å². The third-order valence-corrected chi connectivity index (χ3v) is 9.51. The molecule has 5 rings (SSSR count). The van der Waals surface area contributed by atoms with Crippen LogP contribution >= 0.6 is 0 Å². The van der Waals surface area contributed by atoms with E-state index in [0.29, 0.717) is 36.9 Å². The fourth-order valence-corrected chi connectivity index (χ4v) is 8.89. The zero-order chi connectivity index (χ0) is 20.6. The second-order valence-corrected chi connectivity index (χ2v) is 10.0. The zero-order valence-electron chi connectivity index (χ0n) is 17.1. The van der Waals surface area contributed by atoms with Crippen LogP contribution in [0.3, 0.4) is 0 Å². The third-order valence-electron chi connectivity index (χ3n) is 9.51. The van der Waals surface area contributed by atoms with E-state index in [1.54, 1.807) is 7.05 Å². The van der Waals surface area contributed by atoms with Gasteiger partial charge in [-0.15, -0.1) is 0 Å². The lowest BCUT2D eigenvalue weighted by Crippen LogP contribution is -3.18. The van der Waals surface area contributed by atoms with Crippen molar-refractivity contribution < 1.29 is 24.7 Å². The predicted octanol–water partition coefficient (Wildman–Crippen LogP) is -1.20. The van der Waals surface area contributed by atoms with E-state index < -0.39 is 17.0 Å². The number of carboxylic acid groups (broad SMARTS) is 1. The Hall–Kier alpha value is -1.73. The highest BCUT2D eigenvalue weighted by atomic mass is 16.4. The molecule has 0 radical (unpaired) electrons. The number of guanidine groups is 1. The first-order chi connectivity index (χ1) is 13.9. The number of nitrogens with one attached hydrogen (secondary N) is 1. The van der Waals surface area contributed by atoms with Crippen LogP contribution in [0.5, 0.6) is 0 Å². The minimum atomic E-state index is -1.93. The number of nitrogens with zero attached hydrogens (tertiary/aromatic N) is 1. The summed E-state index contributed by atoms with van der Waals surface area (Å²) in [5.74, 6) is -0.435. The van der Waals surface area contributed by atoms with Gasteiger partial charge in [0.2, 0.25) is 0 Å². The molecule has 0 aromatic rings. The fraction of sp³-hybridized carbons (Fsp3) is 0.773. The number of likely N-dealkylation sites (tertiary alicyclic amines) is 1.